The van der Waals surface area contributed by atoms with Crippen LogP contribution in [0.25, 0.3) is 0 Å². The van der Waals surface area contributed by atoms with Crippen LogP contribution in [0.4, 0.5) is 5.69 Å². The maximum Gasteiger partial charge on any atom is 0.265 e. The number of piperazine rings is 1. The van der Waals surface area contributed by atoms with Gasteiger partial charge in [0.25, 0.3) is 11.8 Å². The number of thiophene rings is 1. The lowest BCUT2D eigenvalue weighted by molar-refractivity contribution is -0.122. The van der Waals surface area contributed by atoms with Crippen molar-refractivity contribution in [3.05, 3.63) is 39.0 Å². The third kappa shape index (κ3) is 3.68. The number of hydrogen-bond donors (Lipinski definition) is 1. The number of carbonyl (C=O) groups excluding carboxylic acids is 2. The van der Waals surface area contributed by atoms with Crippen LogP contribution >= 0.6 is 22.9 Å². The number of ether oxygens (including phenoxy) is 1. The first-order chi connectivity index (χ1) is 14.2. The van der Waals surface area contributed by atoms with Gasteiger partial charge in [-0.1, -0.05) is 11.6 Å². The molecule has 11 heteroatoms. The van der Waals surface area contributed by atoms with Crippen molar-refractivity contribution in [2.75, 3.05) is 31.5 Å². The van der Waals surface area contributed by atoms with Crippen LogP contribution in [0.5, 0.6) is 5.75 Å². The van der Waals surface area contributed by atoms with Gasteiger partial charge in [0, 0.05) is 32.2 Å². The maximum absolute atomic E-state index is 13.2. The van der Waals surface area contributed by atoms with Crippen LogP contribution in [0, 0.1) is 6.92 Å². The van der Waals surface area contributed by atoms with Gasteiger partial charge in [-0.25, -0.2) is 8.42 Å². The highest BCUT2D eigenvalue weighted by Crippen LogP contribution is 2.38. The molecule has 2 aliphatic rings. The lowest BCUT2D eigenvalue weighted by Crippen LogP contribution is -2.50. The Hall–Kier alpha value is -2.14. The minimum atomic E-state index is -3.89. The summed E-state index contributed by atoms with van der Waals surface area (Å²) >= 11 is 7.62. The summed E-state index contributed by atoms with van der Waals surface area (Å²) in [4.78, 5) is 26.7. The first-order valence-electron chi connectivity index (χ1n) is 9.33. The molecule has 1 atom stereocenters. The summed E-state index contributed by atoms with van der Waals surface area (Å²) in [5.74, 6) is -0.146. The minimum Gasteiger partial charge on any atom is -0.479 e. The van der Waals surface area contributed by atoms with Crippen LogP contribution in [0.1, 0.15) is 22.2 Å². The molecule has 1 unspecified atom stereocenters. The lowest BCUT2D eigenvalue weighted by Gasteiger charge is -2.34. The van der Waals surface area contributed by atoms with Crippen molar-refractivity contribution in [1.29, 1.82) is 0 Å². The molecule has 0 aliphatic carbocycles. The van der Waals surface area contributed by atoms with Crippen LogP contribution < -0.4 is 10.1 Å². The molecule has 2 amide bonds. The Morgan fingerprint density at radius 3 is 2.60 bits per heavy atom. The van der Waals surface area contributed by atoms with Gasteiger partial charge in [0.05, 0.1) is 15.6 Å². The van der Waals surface area contributed by atoms with Crippen molar-refractivity contribution >= 4 is 50.5 Å². The van der Waals surface area contributed by atoms with Gasteiger partial charge in [0.2, 0.25) is 10.0 Å². The zero-order valence-corrected chi connectivity index (χ0v) is 18.7. The van der Waals surface area contributed by atoms with Gasteiger partial charge in [-0.05, 0) is 36.9 Å². The summed E-state index contributed by atoms with van der Waals surface area (Å²) < 4.78 is 33.2. The number of sulfonamides is 1. The summed E-state index contributed by atoms with van der Waals surface area (Å²) in [5, 5.41) is 4.51. The van der Waals surface area contributed by atoms with E-state index in [2.05, 4.69) is 5.32 Å². The molecule has 0 saturated carbocycles. The number of anilines is 1. The van der Waals surface area contributed by atoms with E-state index in [9.17, 15) is 18.0 Å². The van der Waals surface area contributed by atoms with E-state index in [1.165, 1.54) is 27.8 Å². The number of nitrogens with one attached hydrogen (secondary N) is 1. The van der Waals surface area contributed by atoms with Crippen LogP contribution in [0.15, 0.2) is 28.5 Å². The number of amides is 2. The normalized spacial score (nSPS) is 19.8. The highest BCUT2D eigenvalue weighted by Gasteiger charge is 2.34. The second-order valence-corrected chi connectivity index (χ2v) is 10.4. The van der Waals surface area contributed by atoms with E-state index < -0.39 is 16.1 Å². The zero-order valence-electron chi connectivity index (χ0n) is 16.3. The van der Waals surface area contributed by atoms with Gasteiger partial charge >= 0.3 is 0 Å². The summed E-state index contributed by atoms with van der Waals surface area (Å²) in [6.07, 6.45) is -0.732. The van der Waals surface area contributed by atoms with Crippen molar-refractivity contribution in [2.24, 2.45) is 0 Å². The van der Waals surface area contributed by atoms with Crippen molar-refractivity contribution in [3.63, 3.8) is 0 Å². The molecule has 4 rings (SSSR count). The number of benzene rings is 1. The summed E-state index contributed by atoms with van der Waals surface area (Å²) in [6, 6.07) is 4.62. The van der Waals surface area contributed by atoms with E-state index in [1.807, 2.05) is 18.4 Å². The smallest absolute Gasteiger partial charge is 0.265 e. The molecule has 30 heavy (non-hydrogen) atoms. The number of aryl methyl sites for hydroxylation is 1. The predicted octanol–water partition coefficient (Wildman–Crippen LogP) is 2.58. The molecule has 1 fully saturated rings. The Balaban J connectivity index is 1.53. The Bertz CT molecular complexity index is 1120. The van der Waals surface area contributed by atoms with Gasteiger partial charge < -0.3 is 15.0 Å². The van der Waals surface area contributed by atoms with Crippen LogP contribution in [0.2, 0.25) is 5.02 Å². The van der Waals surface area contributed by atoms with Crippen molar-refractivity contribution in [3.8, 4) is 5.75 Å². The van der Waals surface area contributed by atoms with Crippen molar-refractivity contribution in [2.45, 2.75) is 24.8 Å². The van der Waals surface area contributed by atoms with E-state index in [4.69, 9.17) is 16.3 Å². The third-order valence-electron chi connectivity index (χ3n) is 5.16. The fourth-order valence-electron chi connectivity index (χ4n) is 3.41. The molecular formula is C19H20ClN3O5S2. The number of nitrogens with zero attached hydrogens (tertiary/aromatic N) is 2. The molecule has 8 nitrogen and oxygen atoms in total. The monoisotopic (exact) mass is 469 g/mol. The second kappa shape index (κ2) is 7.84. The topological polar surface area (TPSA) is 96.0 Å². The molecule has 0 bridgehead atoms. The molecule has 1 saturated heterocycles. The van der Waals surface area contributed by atoms with E-state index in [0.29, 0.717) is 23.7 Å². The van der Waals surface area contributed by atoms with Crippen LogP contribution in [-0.2, 0) is 14.8 Å². The van der Waals surface area contributed by atoms with Gasteiger partial charge in [-0.15, -0.1) is 11.3 Å². The number of halogens is 1. The largest absolute Gasteiger partial charge is 0.479 e. The highest BCUT2D eigenvalue weighted by atomic mass is 35.5. The Kier molecular flexibility index (Phi) is 5.52. The average Bonchev–Trinajstić information content (AvgIpc) is 3.14. The zero-order chi connectivity index (χ0) is 21.6. The molecule has 1 aromatic heterocycles. The van der Waals surface area contributed by atoms with Gasteiger partial charge in [0.1, 0.15) is 10.6 Å². The van der Waals surface area contributed by atoms with Gasteiger partial charge in [-0.2, -0.15) is 4.31 Å². The van der Waals surface area contributed by atoms with E-state index in [-0.39, 0.29) is 40.6 Å². The van der Waals surface area contributed by atoms with Crippen LogP contribution in [0.3, 0.4) is 0 Å². The standard InChI is InChI=1S/C19H20ClN3O5S2/c1-11-3-8-29-17(11)19(25)22-4-6-23(7-5-22)30(26,27)16-10-15-14(9-13(16)20)21-18(24)12(2)28-15/h3,8-10,12H,4-7H2,1-2H3,(H,21,24). The van der Waals surface area contributed by atoms with E-state index in [0.717, 1.165) is 5.56 Å². The average molecular weight is 470 g/mol. The second-order valence-electron chi connectivity index (χ2n) is 7.16. The minimum absolute atomic E-state index is 0.0000746. The van der Waals surface area contributed by atoms with E-state index >= 15 is 0 Å². The molecule has 2 aromatic rings. The predicted molar refractivity (Wildman–Crippen MR) is 114 cm³/mol. The fourth-order valence-corrected chi connectivity index (χ4v) is 6.24. The molecule has 1 N–H and O–H groups in total. The quantitative estimate of drug-likeness (QED) is 0.745. The molecule has 1 aromatic carbocycles. The molecule has 0 spiro atoms. The van der Waals surface area contributed by atoms with Crippen LogP contribution in [-0.4, -0.2) is 61.7 Å². The molecule has 160 valence electrons. The van der Waals surface area contributed by atoms with E-state index in [1.54, 1.807) is 11.8 Å². The highest BCUT2D eigenvalue weighted by molar-refractivity contribution is 7.89. The van der Waals surface area contributed by atoms with Crippen molar-refractivity contribution in [1.82, 2.24) is 9.21 Å². The Labute approximate surface area is 183 Å². The first kappa shape index (κ1) is 21.1. The number of hydrogen-bond acceptors (Lipinski definition) is 6. The first-order valence-corrected chi connectivity index (χ1v) is 12.0. The number of rotatable bonds is 3. The Morgan fingerprint density at radius 1 is 1.27 bits per heavy atom. The molecule has 0 radical (unpaired) electrons. The number of fused-ring (bicyclic) bond motifs is 1. The van der Waals surface area contributed by atoms with Crippen molar-refractivity contribution < 1.29 is 22.7 Å². The number of carbonyl (C=O) groups is 2. The Morgan fingerprint density at radius 2 is 1.97 bits per heavy atom. The summed E-state index contributed by atoms with van der Waals surface area (Å²) in [6.45, 7) is 4.38. The summed E-state index contributed by atoms with van der Waals surface area (Å²) in [5.41, 5.74) is 1.26. The maximum atomic E-state index is 13.2. The summed E-state index contributed by atoms with van der Waals surface area (Å²) in [7, 11) is -3.89. The molecule has 3 heterocycles. The molecular weight excluding hydrogens is 450 g/mol. The SMILES string of the molecule is Cc1ccsc1C(=O)N1CCN(S(=O)(=O)c2cc3c(cc2Cl)NC(=O)C(C)O3)CC1. The fraction of sp³-hybridized carbons (Fsp3) is 0.368. The van der Waals surface area contributed by atoms with Gasteiger partial charge in [0.15, 0.2) is 6.10 Å². The lowest BCUT2D eigenvalue weighted by atomic mass is 10.2. The molecule has 2 aliphatic heterocycles. The third-order valence-corrected chi connectivity index (χ3v) is 8.53. The van der Waals surface area contributed by atoms with Gasteiger partial charge in [-0.3, -0.25) is 9.59 Å².